The molecule has 3 aromatic rings. The van der Waals surface area contributed by atoms with Crippen LogP contribution in [-0.2, 0) is 6.42 Å². The van der Waals surface area contributed by atoms with Gasteiger partial charge in [0.15, 0.2) is 17.5 Å². The molecular formula is C20H18F2N4O2. The molecule has 3 rings (SSSR count). The maximum Gasteiger partial charge on any atom is 0.256 e. The Kier molecular flexibility index (Phi) is 6.11. The lowest BCUT2D eigenvalue weighted by Gasteiger charge is -2.07. The SMILES string of the molecule is COc1ccc(CCNc2ccc(NC(=O)c3ccc(F)c(F)c3)nn2)cc1. The number of methoxy groups -OCH3 is 1. The normalized spacial score (nSPS) is 10.4. The van der Waals surface area contributed by atoms with Crippen molar-refractivity contribution < 1.29 is 18.3 Å². The van der Waals surface area contributed by atoms with Crippen molar-refractivity contribution in [1.82, 2.24) is 10.2 Å². The van der Waals surface area contributed by atoms with E-state index in [9.17, 15) is 13.6 Å². The number of hydrogen-bond acceptors (Lipinski definition) is 5. The van der Waals surface area contributed by atoms with Crippen molar-refractivity contribution in [2.75, 3.05) is 24.3 Å². The number of carbonyl (C=O) groups excluding carboxylic acids is 1. The number of nitrogens with zero attached hydrogens (tertiary/aromatic N) is 2. The molecule has 0 radical (unpaired) electrons. The summed E-state index contributed by atoms with van der Waals surface area (Å²) in [6.07, 6.45) is 0.792. The predicted octanol–water partition coefficient (Wildman–Crippen LogP) is 3.67. The summed E-state index contributed by atoms with van der Waals surface area (Å²) >= 11 is 0. The number of nitrogens with one attached hydrogen (secondary N) is 2. The highest BCUT2D eigenvalue weighted by Crippen LogP contribution is 2.13. The van der Waals surface area contributed by atoms with Crippen LogP contribution in [0.15, 0.2) is 54.6 Å². The van der Waals surface area contributed by atoms with Crippen molar-refractivity contribution in [2.45, 2.75) is 6.42 Å². The van der Waals surface area contributed by atoms with E-state index in [1.165, 1.54) is 6.07 Å². The summed E-state index contributed by atoms with van der Waals surface area (Å²) in [7, 11) is 1.62. The fourth-order valence-corrected chi connectivity index (χ4v) is 2.45. The highest BCUT2D eigenvalue weighted by atomic mass is 19.2. The standard InChI is InChI=1S/C20H18F2N4O2/c1-28-15-5-2-13(3-6-15)10-11-23-18-8-9-19(26-25-18)24-20(27)14-4-7-16(21)17(22)12-14/h2-9,12H,10-11H2,1H3,(H,23,25)(H,24,26,27). The van der Waals surface area contributed by atoms with Gasteiger partial charge >= 0.3 is 0 Å². The number of ether oxygens (including phenoxy) is 1. The molecule has 28 heavy (non-hydrogen) atoms. The fraction of sp³-hybridized carbons (Fsp3) is 0.150. The van der Waals surface area contributed by atoms with Crippen LogP contribution in [0.2, 0.25) is 0 Å². The number of anilines is 2. The van der Waals surface area contributed by atoms with E-state index in [1.807, 2.05) is 24.3 Å². The molecule has 0 aliphatic rings. The molecule has 8 heteroatoms. The van der Waals surface area contributed by atoms with Crippen LogP contribution in [0, 0.1) is 11.6 Å². The molecule has 0 unspecified atom stereocenters. The Labute approximate surface area is 160 Å². The van der Waals surface area contributed by atoms with Crippen molar-refractivity contribution in [3.05, 3.63) is 77.4 Å². The summed E-state index contributed by atoms with van der Waals surface area (Å²) in [6.45, 7) is 0.654. The third-order valence-corrected chi connectivity index (χ3v) is 3.97. The van der Waals surface area contributed by atoms with Gasteiger partial charge in [0.25, 0.3) is 5.91 Å². The molecule has 0 spiro atoms. The Bertz CT molecular complexity index is 947. The third-order valence-electron chi connectivity index (χ3n) is 3.97. The fourth-order valence-electron chi connectivity index (χ4n) is 2.45. The molecule has 0 saturated carbocycles. The predicted molar refractivity (Wildman–Crippen MR) is 102 cm³/mol. The van der Waals surface area contributed by atoms with Crippen molar-refractivity contribution in [3.63, 3.8) is 0 Å². The summed E-state index contributed by atoms with van der Waals surface area (Å²) in [4.78, 5) is 12.0. The van der Waals surface area contributed by atoms with Gasteiger partial charge in [-0.2, -0.15) is 0 Å². The molecular weight excluding hydrogens is 366 g/mol. The minimum atomic E-state index is -1.09. The van der Waals surface area contributed by atoms with E-state index in [0.29, 0.717) is 12.4 Å². The maximum atomic E-state index is 13.2. The Morgan fingerprint density at radius 1 is 0.964 bits per heavy atom. The van der Waals surface area contributed by atoms with Gasteiger partial charge in [0.2, 0.25) is 0 Å². The molecule has 1 aromatic heterocycles. The van der Waals surface area contributed by atoms with Gasteiger partial charge in [0, 0.05) is 12.1 Å². The van der Waals surface area contributed by atoms with Gasteiger partial charge < -0.3 is 15.4 Å². The second-order valence-corrected chi connectivity index (χ2v) is 5.91. The van der Waals surface area contributed by atoms with Crippen LogP contribution in [0.1, 0.15) is 15.9 Å². The minimum absolute atomic E-state index is 0.0117. The summed E-state index contributed by atoms with van der Waals surface area (Å²) in [6, 6.07) is 13.9. The average molecular weight is 384 g/mol. The Morgan fingerprint density at radius 2 is 1.68 bits per heavy atom. The van der Waals surface area contributed by atoms with Crippen molar-refractivity contribution in [2.24, 2.45) is 0 Å². The van der Waals surface area contributed by atoms with Crippen LogP contribution < -0.4 is 15.4 Å². The summed E-state index contributed by atoms with van der Waals surface area (Å²) in [5, 5.41) is 13.5. The van der Waals surface area contributed by atoms with Crippen molar-refractivity contribution >= 4 is 17.5 Å². The van der Waals surface area contributed by atoms with Gasteiger partial charge in [-0.05, 0) is 54.4 Å². The Balaban J connectivity index is 1.51. The third kappa shape index (κ3) is 5.00. The average Bonchev–Trinajstić information content (AvgIpc) is 2.72. The van der Waals surface area contributed by atoms with E-state index in [0.717, 1.165) is 29.9 Å². The molecule has 1 heterocycles. The van der Waals surface area contributed by atoms with Gasteiger partial charge in [-0.1, -0.05) is 12.1 Å². The molecule has 144 valence electrons. The number of carbonyl (C=O) groups is 1. The Morgan fingerprint density at radius 3 is 2.32 bits per heavy atom. The molecule has 0 saturated heterocycles. The first-order valence-corrected chi connectivity index (χ1v) is 8.52. The maximum absolute atomic E-state index is 13.2. The van der Waals surface area contributed by atoms with E-state index < -0.39 is 17.5 Å². The summed E-state index contributed by atoms with van der Waals surface area (Å²) in [5.74, 6) is -1.14. The van der Waals surface area contributed by atoms with Gasteiger partial charge in [0.1, 0.15) is 11.6 Å². The second-order valence-electron chi connectivity index (χ2n) is 5.91. The molecule has 2 aromatic carbocycles. The van der Waals surface area contributed by atoms with E-state index in [4.69, 9.17) is 4.74 Å². The smallest absolute Gasteiger partial charge is 0.256 e. The van der Waals surface area contributed by atoms with Gasteiger partial charge in [-0.15, -0.1) is 10.2 Å². The zero-order valence-corrected chi connectivity index (χ0v) is 15.1. The first-order chi connectivity index (χ1) is 13.5. The monoisotopic (exact) mass is 384 g/mol. The molecule has 0 bridgehead atoms. The molecule has 1 amide bonds. The highest BCUT2D eigenvalue weighted by molar-refractivity contribution is 6.03. The first kappa shape index (κ1) is 19.2. The van der Waals surface area contributed by atoms with Crippen LogP contribution in [0.4, 0.5) is 20.4 Å². The lowest BCUT2D eigenvalue weighted by atomic mass is 10.1. The molecule has 0 fully saturated rings. The molecule has 2 N–H and O–H groups in total. The lowest BCUT2D eigenvalue weighted by Crippen LogP contribution is -2.14. The Hall–Kier alpha value is -3.55. The van der Waals surface area contributed by atoms with E-state index in [2.05, 4.69) is 20.8 Å². The number of aromatic nitrogens is 2. The molecule has 0 aliphatic heterocycles. The minimum Gasteiger partial charge on any atom is -0.497 e. The van der Waals surface area contributed by atoms with E-state index in [1.54, 1.807) is 19.2 Å². The number of benzene rings is 2. The molecule has 6 nitrogen and oxygen atoms in total. The zero-order chi connectivity index (χ0) is 19.9. The summed E-state index contributed by atoms with van der Waals surface area (Å²) < 4.78 is 31.3. The highest BCUT2D eigenvalue weighted by Gasteiger charge is 2.11. The number of amides is 1. The largest absolute Gasteiger partial charge is 0.497 e. The van der Waals surface area contributed by atoms with Crippen LogP contribution in [0.3, 0.4) is 0 Å². The molecule has 0 aliphatic carbocycles. The van der Waals surface area contributed by atoms with Crippen LogP contribution >= 0.6 is 0 Å². The first-order valence-electron chi connectivity index (χ1n) is 8.52. The van der Waals surface area contributed by atoms with E-state index in [-0.39, 0.29) is 11.4 Å². The van der Waals surface area contributed by atoms with E-state index >= 15 is 0 Å². The topological polar surface area (TPSA) is 76.1 Å². The quantitative estimate of drug-likeness (QED) is 0.650. The van der Waals surface area contributed by atoms with Crippen LogP contribution in [0.25, 0.3) is 0 Å². The van der Waals surface area contributed by atoms with Gasteiger partial charge in [-0.25, -0.2) is 8.78 Å². The van der Waals surface area contributed by atoms with Gasteiger partial charge in [0.05, 0.1) is 7.11 Å². The molecule has 0 atom stereocenters. The lowest BCUT2D eigenvalue weighted by molar-refractivity contribution is 0.102. The summed E-state index contributed by atoms with van der Waals surface area (Å²) in [5.41, 5.74) is 1.14. The van der Waals surface area contributed by atoms with Crippen molar-refractivity contribution in [1.29, 1.82) is 0 Å². The van der Waals surface area contributed by atoms with Crippen LogP contribution in [-0.4, -0.2) is 29.8 Å². The number of rotatable bonds is 7. The second kappa shape index (κ2) is 8.90. The number of halogens is 2. The zero-order valence-electron chi connectivity index (χ0n) is 15.1. The van der Waals surface area contributed by atoms with Crippen molar-refractivity contribution in [3.8, 4) is 5.75 Å². The van der Waals surface area contributed by atoms with Crippen LogP contribution in [0.5, 0.6) is 5.75 Å². The number of hydrogen-bond donors (Lipinski definition) is 2. The van der Waals surface area contributed by atoms with Gasteiger partial charge in [-0.3, -0.25) is 4.79 Å².